The first-order valence-electron chi connectivity index (χ1n) is 12.4. The van der Waals surface area contributed by atoms with Crippen molar-refractivity contribution in [3.63, 3.8) is 0 Å². The fourth-order valence-corrected chi connectivity index (χ4v) is 4.83. The van der Waals surface area contributed by atoms with Crippen molar-refractivity contribution < 1.29 is 4.74 Å². The molecule has 0 aliphatic carbocycles. The normalized spacial score (nSPS) is 19.5. The summed E-state index contributed by atoms with van der Waals surface area (Å²) in [4.78, 5) is 9.43. The van der Waals surface area contributed by atoms with Crippen molar-refractivity contribution in [3.05, 3.63) is 59.7 Å². The average Bonchev–Trinajstić information content (AvgIpc) is 3.35. The van der Waals surface area contributed by atoms with Gasteiger partial charge in [-0.25, -0.2) is 0 Å². The molecule has 0 aromatic heterocycles. The van der Waals surface area contributed by atoms with Crippen LogP contribution in [-0.2, 0) is 13.1 Å². The van der Waals surface area contributed by atoms with E-state index in [-0.39, 0.29) is 0 Å². The van der Waals surface area contributed by atoms with E-state index in [0.29, 0.717) is 5.92 Å². The van der Waals surface area contributed by atoms with E-state index in [2.05, 4.69) is 67.9 Å². The van der Waals surface area contributed by atoms with E-state index >= 15 is 0 Å². The molecule has 0 spiro atoms. The quantitative estimate of drug-likeness (QED) is 0.473. The van der Waals surface area contributed by atoms with Crippen LogP contribution in [0.25, 0.3) is 0 Å². The van der Waals surface area contributed by atoms with Gasteiger partial charge in [0.15, 0.2) is 5.96 Å². The fourth-order valence-electron chi connectivity index (χ4n) is 4.83. The van der Waals surface area contributed by atoms with Crippen molar-refractivity contribution in [1.29, 1.82) is 0 Å². The molecule has 2 N–H and O–H groups in total. The van der Waals surface area contributed by atoms with Crippen LogP contribution >= 0.6 is 0 Å². The summed E-state index contributed by atoms with van der Waals surface area (Å²) in [5.41, 5.74) is 3.93. The third-order valence-electron chi connectivity index (χ3n) is 6.82. The van der Waals surface area contributed by atoms with Crippen molar-refractivity contribution in [2.75, 3.05) is 51.8 Å². The van der Waals surface area contributed by atoms with E-state index in [1.54, 1.807) is 7.11 Å². The number of nitrogens with zero attached hydrogens (tertiary/aromatic N) is 3. The highest BCUT2D eigenvalue weighted by atomic mass is 16.5. The topological polar surface area (TPSA) is 52.1 Å². The molecule has 6 heteroatoms. The maximum Gasteiger partial charge on any atom is 0.191 e. The van der Waals surface area contributed by atoms with E-state index in [1.807, 2.05) is 13.1 Å². The van der Waals surface area contributed by atoms with Gasteiger partial charge in [0.2, 0.25) is 0 Å². The highest BCUT2D eigenvalue weighted by molar-refractivity contribution is 5.79. The highest BCUT2D eigenvalue weighted by Gasteiger charge is 2.23. The first kappa shape index (κ1) is 23.4. The molecule has 33 heavy (non-hydrogen) atoms. The van der Waals surface area contributed by atoms with Crippen LogP contribution in [0.4, 0.5) is 5.69 Å². The average molecular weight is 450 g/mol. The van der Waals surface area contributed by atoms with Gasteiger partial charge >= 0.3 is 0 Å². The molecule has 2 saturated heterocycles. The number of likely N-dealkylation sites (tertiary alicyclic amines) is 1. The van der Waals surface area contributed by atoms with Gasteiger partial charge in [0, 0.05) is 51.5 Å². The zero-order chi connectivity index (χ0) is 22.9. The number of guanidine groups is 1. The molecule has 2 aromatic carbocycles. The fraction of sp³-hybridized carbons (Fsp3) is 0.519. The van der Waals surface area contributed by atoms with Gasteiger partial charge in [-0.2, -0.15) is 0 Å². The number of hydrogen-bond acceptors (Lipinski definition) is 4. The number of hydrogen-bond donors (Lipinski definition) is 2. The molecule has 1 unspecified atom stereocenters. The molecular formula is C27H39N5O. The maximum atomic E-state index is 5.37. The Labute approximate surface area is 199 Å². The van der Waals surface area contributed by atoms with Gasteiger partial charge in [0.1, 0.15) is 5.75 Å². The van der Waals surface area contributed by atoms with Gasteiger partial charge in [-0.05, 0) is 61.5 Å². The number of rotatable bonds is 8. The summed E-state index contributed by atoms with van der Waals surface area (Å²) in [6.07, 6.45) is 5.25. The molecule has 2 aromatic rings. The van der Waals surface area contributed by atoms with Crippen LogP contribution in [0.3, 0.4) is 0 Å². The van der Waals surface area contributed by atoms with Gasteiger partial charge < -0.3 is 20.3 Å². The van der Waals surface area contributed by atoms with E-state index in [1.165, 1.54) is 55.6 Å². The number of nitrogens with one attached hydrogen (secondary N) is 2. The van der Waals surface area contributed by atoms with Crippen molar-refractivity contribution in [1.82, 2.24) is 15.5 Å². The lowest BCUT2D eigenvalue weighted by atomic mass is 10.1. The Hall–Kier alpha value is -2.73. The number of piperidine rings is 1. The molecule has 0 bridgehead atoms. The van der Waals surface area contributed by atoms with Crippen molar-refractivity contribution >= 4 is 11.6 Å². The summed E-state index contributed by atoms with van der Waals surface area (Å²) in [7, 11) is 3.56. The monoisotopic (exact) mass is 449 g/mol. The second-order valence-electron chi connectivity index (χ2n) is 9.26. The van der Waals surface area contributed by atoms with Gasteiger partial charge in [0.25, 0.3) is 0 Å². The molecule has 0 saturated carbocycles. The highest BCUT2D eigenvalue weighted by Crippen LogP contribution is 2.26. The minimum atomic E-state index is 0.601. The largest absolute Gasteiger partial charge is 0.497 e. The molecule has 2 aliphatic heterocycles. The predicted octanol–water partition coefficient (Wildman–Crippen LogP) is 3.87. The van der Waals surface area contributed by atoms with E-state index < -0.39 is 0 Å². The SMILES string of the molecule is CN=C(NCc1ccc(CN2CCCCC2)cc1)NCC1CCN(c2cccc(OC)c2)C1. The van der Waals surface area contributed by atoms with E-state index in [9.17, 15) is 0 Å². The number of anilines is 1. The van der Waals surface area contributed by atoms with Crippen LogP contribution in [0.1, 0.15) is 36.8 Å². The Kier molecular flexibility index (Phi) is 8.47. The van der Waals surface area contributed by atoms with Crippen molar-refractivity contribution in [3.8, 4) is 5.75 Å². The lowest BCUT2D eigenvalue weighted by Crippen LogP contribution is -2.39. The molecule has 2 aliphatic rings. The minimum Gasteiger partial charge on any atom is -0.497 e. The summed E-state index contributed by atoms with van der Waals surface area (Å²) >= 11 is 0. The first-order valence-corrected chi connectivity index (χ1v) is 12.4. The third-order valence-corrected chi connectivity index (χ3v) is 6.82. The molecule has 1 atom stereocenters. The van der Waals surface area contributed by atoms with E-state index in [4.69, 9.17) is 4.74 Å². The maximum absolute atomic E-state index is 5.37. The van der Waals surface area contributed by atoms with Gasteiger partial charge in [0.05, 0.1) is 7.11 Å². The molecular weight excluding hydrogens is 410 g/mol. The Morgan fingerprint density at radius 2 is 1.79 bits per heavy atom. The molecule has 178 valence electrons. The van der Waals surface area contributed by atoms with Crippen molar-refractivity contribution in [2.45, 2.75) is 38.8 Å². The number of aliphatic imine (C=N–C) groups is 1. The van der Waals surface area contributed by atoms with Crippen LogP contribution in [0, 0.1) is 5.92 Å². The van der Waals surface area contributed by atoms with Gasteiger partial charge in [-0.15, -0.1) is 0 Å². The molecule has 4 rings (SSSR count). The Bertz CT molecular complexity index is 892. The Balaban J connectivity index is 1.19. The summed E-state index contributed by atoms with van der Waals surface area (Å²) in [5.74, 6) is 2.38. The molecule has 0 radical (unpaired) electrons. The summed E-state index contributed by atoms with van der Waals surface area (Å²) < 4.78 is 5.37. The molecule has 6 nitrogen and oxygen atoms in total. The summed E-state index contributed by atoms with van der Waals surface area (Å²) in [6.45, 7) is 7.39. The third kappa shape index (κ3) is 6.87. The zero-order valence-electron chi connectivity index (χ0n) is 20.2. The van der Waals surface area contributed by atoms with Crippen LogP contribution in [0.2, 0.25) is 0 Å². The smallest absolute Gasteiger partial charge is 0.191 e. The molecule has 2 fully saturated rings. The number of ether oxygens (including phenoxy) is 1. The molecule has 0 amide bonds. The Morgan fingerprint density at radius 3 is 2.55 bits per heavy atom. The second-order valence-corrected chi connectivity index (χ2v) is 9.26. The molecule has 2 heterocycles. The van der Waals surface area contributed by atoms with Crippen LogP contribution in [0.15, 0.2) is 53.5 Å². The van der Waals surface area contributed by atoms with Gasteiger partial charge in [-0.3, -0.25) is 9.89 Å². The minimum absolute atomic E-state index is 0.601. The van der Waals surface area contributed by atoms with Crippen LogP contribution in [-0.4, -0.2) is 57.7 Å². The van der Waals surface area contributed by atoms with E-state index in [0.717, 1.165) is 44.4 Å². The lowest BCUT2D eigenvalue weighted by molar-refractivity contribution is 0.221. The van der Waals surface area contributed by atoms with Crippen molar-refractivity contribution in [2.24, 2.45) is 10.9 Å². The number of methoxy groups -OCH3 is 1. The summed E-state index contributed by atoms with van der Waals surface area (Å²) in [6, 6.07) is 17.4. The zero-order valence-corrected chi connectivity index (χ0v) is 20.2. The van der Waals surface area contributed by atoms with Crippen LogP contribution in [0.5, 0.6) is 5.75 Å². The van der Waals surface area contributed by atoms with Gasteiger partial charge in [-0.1, -0.05) is 36.8 Å². The lowest BCUT2D eigenvalue weighted by Gasteiger charge is -2.26. The summed E-state index contributed by atoms with van der Waals surface area (Å²) in [5, 5.41) is 6.99. The predicted molar refractivity (Wildman–Crippen MR) is 137 cm³/mol. The first-order chi connectivity index (χ1) is 16.2. The standard InChI is InChI=1S/C27H39N5O/c1-28-27(29-18-22-9-11-23(12-10-22)20-31-14-4-3-5-15-31)30-19-24-13-16-32(21-24)25-7-6-8-26(17-25)33-2/h6-12,17,24H,3-5,13-16,18-21H2,1-2H3,(H2,28,29,30). The second kappa shape index (κ2) is 11.9. The Morgan fingerprint density at radius 1 is 1.00 bits per heavy atom. The van der Waals surface area contributed by atoms with Crippen LogP contribution < -0.4 is 20.3 Å². The number of benzene rings is 2.